The van der Waals surface area contributed by atoms with E-state index in [1.165, 1.54) is 5.56 Å². The van der Waals surface area contributed by atoms with Crippen LogP contribution in [0.15, 0.2) is 30.5 Å². The molecule has 0 unspecified atom stereocenters. The summed E-state index contributed by atoms with van der Waals surface area (Å²) in [6, 6.07) is 7.70. The van der Waals surface area contributed by atoms with Crippen LogP contribution >= 0.6 is 0 Å². The molecule has 0 radical (unpaired) electrons. The van der Waals surface area contributed by atoms with E-state index in [0.29, 0.717) is 31.1 Å². The van der Waals surface area contributed by atoms with Gasteiger partial charge in [-0.2, -0.15) is 0 Å². The van der Waals surface area contributed by atoms with Gasteiger partial charge in [0, 0.05) is 34.9 Å². The topological polar surface area (TPSA) is 71.1 Å². The van der Waals surface area contributed by atoms with Crippen molar-refractivity contribution in [1.82, 2.24) is 19.9 Å². The van der Waals surface area contributed by atoms with Gasteiger partial charge in [0.05, 0.1) is 18.8 Å². The summed E-state index contributed by atoms with van der Waals surface area (Å²) in [6.45, 7) is 7.56. The number of H-pyrrole nitrogens is 1. The molecule has 1 fully saturated rings. The number of aryl methyl sites for hydroxylation is 3. The minimum atomic E-state index is -0.214. The number of amides is 1. The molecule has 0 bridgehead atoms. The highest BCUT2D eigenvalue weighted by Gasteiger charge is 2.27. The number of nitrogens with one attached hydrogen (secondary N) is 1. The van der Waals surface area contributed by atoms with E-state index < -0.39 is 0 Å². The molecule has 1 amide bonds. The SMILES string of the molecule is Cc1nccc([C@@H]2CN(C(=O)c3ccc4[nH]c(C)c(C)c4c3)CCO2)n1. The predicted octanol–water partition coefficient (Wildman–Crippen LogP) is 3.10. The fourth-order valence-corrected chi connectivity index (χ4v) is 3.44. The van der Waals surface area contributed by atoms with Crippen LogP contribution in [0.2, 0.25) is 0 Å². The summed E-state index contributed by atoms with van der Waals surface area (Å²) < 4.78 is 5.84. The highest BCUT2D eigenvalue weighted by molar-refractivity contribution is 5.99. The van der Waals surface area contributed by atoms with E-state index in [9.17, 15) is 4.79 Å². The summed E-state index contributed by atoms with van der Waals surface area (Å²) in [6.07, 6.45) is 1.52. The van der Waals surface area contributed by atoms with Gasteiger partial charge in [0.15, 0.2) is 0 Å². The largest absolute Gasteiger partial charge is 0.368 e. The minimum absolute atomic E-state index is 0.0317. The third-order valence-corrected chi connectivity index (χ3v) is 5.04. The fraction of sp³-hybridized carbons (Fsp3) is 0.350. The van der Waals surface area contributed by atoms with Crippen molar-refractivity contribution < 1.29 is 9.53 Å². The molecule has 6 heteroatoms. The van der Waals surface area contributed by atoms with Gasteiger partial charge in [0.1, 0.15) is 11.9 Å². The normalized spacial score (nSPS) is 17.7. The summed E-state index contributed by atoms with van der Waals surface area (Å²) >= 11 is 0. The van der Waals surface area contributed by atoms with E-state index in [0.717, 1.165) is 22.3 Å². The lowest BCUT2D eigenvalue weighted by molar-refractivity contribution is -0.0248. The number of aromatic nitrogens is 3. The van der Waals surface area contributed by atoms with Crippen molar-refractivity contribution >= 4 is 16.8 Å². The van der Waals surface area contributed by atoms with Crippen molar-refractivity contribution in [1.29, 1.82) is 0 Å². The van der Waals surface area contributed by atoms with Crippen LogP contribution in [0.5, 0.6) is 0 Å². The standard InChI is InChI=1S/C20H22N4O2/c1-12-13(2)22-17-5-4-15(10-16(12)17)20(25)24-8-9-26-19(11-24)18-6-7-21-14(3)23-18/h4-7,10,19,22H,8-9,11H2,1-3H3/t19-/m0/s1. The van der Waals surface area contributed by atoms with Crippen molar-refractivity contribution in [2.75, 3.05) is 19.7 Å². The zero-order valence-electron chi connectivity index (χ0n) is 15.2. The van der Waals surface area contributed by atoms with Gasteiger partial charge >= 0.3 is 0 Å². The molecule has 1 aromatic carbocycles. The Morgan fingerprint density at radius 2 is 2.12 bits per heavy atom. The quantitative estimate of drug-likeness (QED) is 0.771. The molecular weight excluding hydrogens is 328 g/mol. The third kappa shape index (κ3) is 2.97. The molecule has 26 heavy (non-hydrogen) atoms. The second-order valence-corrected chi connectivity index (χ2v) is 6.77. The van der Waals surface area contributed by atoms with E-state index in [1.807, 2.05) is 43.0 Å². The number of benzene rings is 1. The first-order chi connectivity index (χ1) is 12.5. The van der Waals surface area contributed by atoms with Crippen LogP contribution in [0.25, 0.3) is 10.9 Å². The van der Waals surface area contributed by atoms with Gasteiger partial charge in [-0.25, -0.2) is 9.97 Å². The lowest BCUT2D eigenvalue weighted by atomic mass is 10.1. The molecule has 134 valence electrons. The maximum absolute atomic E-state index is 13.0. The van der Waals surface area contributed by atoms with Crippen molar-refractivity contribution in [3.05, 3.63) is 58.8 Å². The zero-order chi connectivity index (χ0) is 18.3. The van der Waals surface area contributed by atoms with E-state index in [1.54, 1.807) is 6.20 Å². The second kappa shape index (κ2) is 6.53. The molecule has 1 aliphatic rings. The summed E-state index contributed by atoms with van der Waals surface area (Å²) in [5.74, 6) is 0.738. The average molecular weight is 350 g/mol. The van der Waals surface area contributed by atoms with Crippen molar-refractivity contribution in [3.63, 3.8) is 0 Å². The van der Waals surface area contributed by atoms with Gasteiger partial charge < -0.3 is 14.6 Å². The summed E-state index contributed by atoms with van der Waals surface area (Å²) in [7, 11) is 0. The van der Waals surface area contributed by atoms with E-state index in [2.05, 4.69) is 21.9 Å². The Hall–Kier alpha value is -2.73. The minimum Gasteiger partial charge on any atom is -0.368 e. The lowest BCUT2D eigenvalue weighted by Crippen LogP contribution is -2.42. The Morgan fingerprint density at radius 3 is 2.92 bits per heavy atom. The van der Waals surface area contributed by atoms with Gasteiger partial charge in [-0.05, 0) is 50.6 Å². The second-order valence-electron chi connectivity index (χ2n) is 6.77. The summed E-state index contributed by atoms with van der Waals surface area (Å²) in [4.78, 5) is 26.8. The summed E-state index contributed by atoms with van der Waals surface area (Å²) in [5.41, 5.74) is 4.91. The number of fused-ring (bicyclic) bond motifs is 1. The van der Waals surface area contributed by atoms with Crippen LogP contribution in [0.1, 0.15) is 39.2 Å². The summed E-state index contributed by atoms with van der Waals surface area (Å²) in [5, 5.41) is 1.10. The van der Waals surface area contributed by atoms with E-state index >= 15 is 0 Å². The molecule has 3 aromatic rings. The molecule has 6 nitrogen and oxygen atoms in total. The van der Waals surface area contributed by atoms with Crippen molar-refractivity contribution in [3.8, 4) is 0 Å². The maximum atomic E-state index is 13.0. The number of rotatable bonds is 2. The number of ether oxygens (including phenoxy) is 1. The van der Waals surface area contributed by atoms with Crippen LogP contribution < -0.4 is 0 Å². The highest BCUT2D eigenvalue weighted by Crippen LogP contribution is 2.25. The van der Waals surface area contributed by atoms with Gasteiger partial charge in [-0.3, -0.25) is 4.79 Å². The Morgan fingerprint density at radius 1 is 1.27 bits per heavy atom. The average Bonchev–Trinajstić information content (AvgIpc) is 2.95. The predicted molar refractivity (Wildman–Crippen MR) is 99.1 cm³/mol. The van der Waals surface area contributed by atoms with Gasteiger partial charge in [-0.15, -0.1) is 0 Å². The van der Waals surface area contributed by atoms with Crippen molar-refractivity contribution in [2.24, 2.45) is 0 Å². The Balaban J connectivity index is 1.58. The first-order valence-electron chi connectivity index (χ1n) is 8.82. The van der Waals surface area contributed by atoms with Gasteiger partial charge in [-0.1, -0.05) is 0 Å². The molecule has 1 aliphatic heterocycles. The van der Waals surface area contributed by atoms with Crippen LogP contribution in [-0.4, -0.2) is 45.5 Å². The van der Waals surface area contributed by atoms with Crippen molar-refractivity contribution in [2.45, 2.75) is 26.9 Å². The molecule has 0 saturated carbocycles. The molecule has 4 rings (SSSR count). The first kappa shape index (κ1) is 16.7. The Kier molecular flexibility index (Phi) is 4.20. The lowest BCUT2D eigenvalue weighted by Gasteiger charge is -2.32. The molecule has 1 atom stereocenters. The van der Waals surface area contributed by atoms with E-state index in [4.69, 9.17) is 4.74 Å². The molecule has 2 aromatic heterocycles. The van der Waals surface area contributed by atoms with Gasteiger partial charge in [0.2, 0.25) is 0 Å². The number of carbonyl (C=O) groups is 1. The molecule has 0 spiro atoms. The van der Waals surface area contributed by atoms with Crippen LogP contribution in [0, 0.1) is 20.8 Å². The highest BCUT2D eigenvalue weighted by atomic mass is 16.5. The third-order valence-electron chi connectivity index (χ3n) is 5.04. The number of morpholine rings is 1. The number of hydrogen-bond donors (Lipinski definition) is 1. The van der Waals surface area contributed by atoms with Crippen LogP contribution in [-0.2, 0) is 4.74 Å². The molecule has 1 saturated heterocycles. The van der Waals surface area contributed by atoms with Crippen LogP contribution in [0.3, 0.4) is 0 Å². The molecule has 0 aliphatic carbocycles. The zero-order valence-corrected chi connectivity index (χ0v) is 15.2. The monoisotopic (exact) mass is 350 g/mol. The molecule has 3 heterocycles. The number of hydrogen-bond acceptors (Lipinski definition) is 4. The smallest absolute Gasteiger partial charge is 0.254 e. The van der Waals surface area contributed by atoms with E-state index in [-0.39, 0.29) is 12.0 Å². The maximum Gasteiger partial charge on any atom is 0.254 e. The Bertz CT molecular complexity index is 979. The van der Waals surface area contributed by atoms with Crippen LogP contribution in [0.4, 0.5) is 0 Å². The number of aromatic amines is 1. The number of carbonyl (C=O) groups excluding carboxylic acids is 1. The van der Waals surface area contributed by atoms with Gasteiger partial charge in [0.25, 0.3) is 5.91 Å². The first-order valence-corrected chi connectivity index (χ1v) is 8.82. The molecular formula is C20H22N4O2. The fourth-order valence-electron chi connectivity index (χ4n) is 3.44. The molecule has 1 N–H and O–H groups in total. The Labute approximate surface area is 152 Å². The number of nitrogens with zero attached hydrogens (tertiary/aromatic N) is 3.